The number of aryl methyl sites for hydroxylation is 1. The maximum Gasteiger partial charge on any atom is 0.165 e. The topological polar surface area (TPSA) is 26.3 Å². The van der Waals surface area contributed by atoms with Gasteiger partial charge in [0.05, 0.1) is 7.11 Å². The van der Waals surface area contributed by atoms with Crippen molar-refractivity contribution in [3.63, 3.8) is 0 Å². The van der Waals surface area contributed by atoms with Crippen LogP contribution in [0.5, 0.6) is 5.75 Å². The van der Waals surface area contributed by atoms with Crippen molar-refractivity contribution in [2.45, 2.75) is 20.8 Å². The molecular formula is C12H16O2. The normalized spacial score (nSPS) is 10.4. The van der Waals surface area contributed by atoms with E-state index >= 15 is 0 Å². The van der Waals surface area contributed by atoms with E-state index in [1.807, 2.05) is 39.0 Å². The third kappa shape index (κ3) is 2.13. The molecule has 2 nitrogen and oxygen atoms in total. The fourth-order valence-electron chi connectivity index (χ4n) is 1.37. The maximum absolute atomic E-state index is 11.7. The fourth-order valence-corrected chi connectivity index (χ4v) is 1.37. The van der Waals surface area contributed by atoms with E-state index < -0.39 is 0 Å². The van der Waals surface area contributed by atoms with E-state index in [9.17, 15) is 4.79 Å². The number of ether oxygens (including phenoxy) is 1. The Morgan fingerprint density at radius 2 is 2.00 bits per heavy atom. The van der Waals surface area contributed by atoms with Crippen molar-refractivity contribution in [2.75, 3.05) is 7.11 Å². The molecule has 0 saturated carbocycles. The van der Waals surface area contributed by atoms with E-state index in [2.05, 4.69) is 0 Å². The van der Waals surface area contributed by atoms with E-state index in [1.54, 1.807) is 7.11 Å². The lowest BCUT2D eigenvalue weighted by molar-refractivity contribution is 0.0939. The van der Waals surface area contributed by atoms with Crippen LogP contribution in [0.3, 0.4) is 0 Å². The van der Waals surface area contributed by atoms with Gasteiger partial charge in [-0.05, 0) is 30.7 Å². The molecule has 0 unspecified atom stereocenters. The first-order valence-corrected chi connectivity index (χ1v) is 4.75. The standard InChI is InChI=1S/C12H16O2/c1-8(2)12(13)10-5-6-11(14-4)9(3)7-10/h5-8H,1-4H3. The van der Waals surface area contributed by atoms with Gasteiger partial charge in [-0.3, -0.25) is 4.79 Å². The van der Waals surface area contributed by atoms with Gasteiger partial charge >= 0.3 is 0 Å². The Hall–Kier alpha value is -1.31. The molecule has 2 heteroatoms. The Morgan fingerprint density at radius 1 is 1.36 bits per heavy atom. The number of hydrogen-bond acceptors (Lipinski definition) is 2. The molecule has 0 fully saturated rings. The lowest BCUT2D eigenvalue weighted by Crippen LogP contribution is -2.07. The van der Waals surface area contributed by atoms with Crippen LogP contribution < -0.4 is 4.74 Å². The molecule has 76 valence electrons. The summed E-state index contributed by atoms with van der Waals surface area (Å²) in [4.78, 5) is 11.7. The first-order valence-electron chi connectivity index (χ1n) is 4.75. The van der Waals surface area contributed by atoms with E-state index in [0.29, 0.717) is 0 Å². The van der Waals surface area contributed by atoms with Crippen molar-refractivity contribution in [3.8, 4) is 5.75 Å². The van der Waals surface area contributed by atoms with Gasteiger partial charge in [0.15, 0.2) is 5.78 Å². The van der Waals surface area contributed by atoms with Crippen LogP contribution in [0.2, 0.25) is 0 Å². The molecular weight excluding hydrogens is 176 g/mol. The zero-order valence-electron chi connectivity index (χ0n) is 9.13. The molecule has 14 heavy (non-hydrogen) atoms. The Kier molecular flexibility index (Phi) is 3.28. The van der Waals surface area contributed by atoms with E-state index in [-0.39, 0.29) is 11.7 Å². The molecule has 0 aliphatic rings. The predicted molar refractivity (Wildman–Crippen MR) is 56.9 cm³/mol. The number of hydrogen-bond donors (Lipinski definition) is 0. The SMILES string of the molecule is COc1ccc(C(=O)C(C)C)cc1C. The average molecular weight is 192 g/mol. The molecule has 1 rings (SSSR count). The smallest absolute Gasteiger partial charge is 0.165 e. The third-order valence-corrected chi connectivity index (χ3v) is 2.20. The molecule has 1 aromatic rings. The summed E-state index contributed by atoms with van der Waals surface area (Å²) in [5, 5.41) is 0. The minimum Gasteiger partial charge on any atom is -0.496 e. The van der Waals surface area contributed by atoms with Crippen molar-refractivity contribution in [2.24, 2.45) is 5.92 Å². The average Bonchev–Trinajstić information content (AvgIpc) is 2.16. The third-order valence-electron chi connectivity index (χ3n) is 2.20. The van der Waals surface area contributed by atoms with Gasteiger partial charge in [0.25, 0.3) is 0 Å². The van der Waals surface area contributed by atoms with E-state index in [1.165, 1.54) is 0 Å². The van der Waals surface area contributed by atoms with Gasteiger partial charge in [0.2, 0.25) is 0 Å². The summed E-state index contributed by atoms with van der Waals surface area (Å²) >= 11 is 0. The van der Waals surface area contributed by atoms with Crippen LogP contribution in [0.25, 0.3) is 0 Å². The second kappa shape index (κ2) is 4.27. The lowest BCUT2D eigenvalue weighted by atomic mass is 9.99. The fraction of sp³-hybridized carbons (Fsp3) is 0.417. The van der Waals surface area contributed by atoms with Crippen molar-refractivity contribution in [1.29, 1.82) is 0 Å². The summed E-state index contributed by atoms with van der Waals surface area (Å²) in [6, 6.07) is 5.53. The van der Waals surface area contributed by atoms with Crippen molar-refractivity contribution >= 4 is 5.78 Å². The van der Waals surface area contributed by atoms with E-state index in [4.69, 9.17) is 4.74 Å². The predicted octanol–water partition coefficient (Wildman–Crippen LogP) is 2.84. The summed E-state index contributed by atoms with van der Waals surface area (Å²) < 4.78 is 5.13. The molecule has 0 amide bonds. The van der Waals surface area contributed by atoms with Crippen LogP contribution >= 0.6 is 0 Å². The van der Waals surface area contributed by atoms with Gasteiger partial charge in [-0.25, -0.2) is 0 Å². The molecule has 0 aromatic heterocycles. The molecule has 0 aliphatic carbocycles. The summed E-state index contributed by atoms with van der Waals surface area (Å²) in [5.41, 5.74) is 1.76. The van der Waals surface area contributed by atoms with Crippen LogP contribution in [0.4, 0.5) is 0 Å². The molecule has 0 spiro atoms. The van der Waals surface area contributed by atoms with Crippen molar-refractivity contribution < 1.29 is 9.53 Å². The highest BCUT2D eigenvalue weighted by Crippen LogP contribution is 2.20. The molecule has 0 radical (unpaired) electrons. The highest BCUT2D eigenvalue weighted by Gasteiger charge is 2.11. The number of carbonyl (C=O) groups is 1. The van der Waals surface area contributed by atoms with Gasteiger partial charge in [-0.1, -0.05) is 13.8 Å². The monoisotopic (exact) mass is 192 g/mol. The molecule has 0 saturated heterocycles. The Balaban J connectivity index is 3.03. The lowest BCUT2D eigenvalue weighted by Gasteiger charge is -2.08. The molecule has 0 N–H and O–H groups in total. The minimum absolute atomic E-state index is 0.0443. The first kappa shape index (κ1) is 10.8. The van der Waals surface area contributed by atoms with Gasteiger partial charge in [0, 0.05) is 11.5 Å². The highest BCUT2D eigenvalue weighted by atomic mass is 16.5. The van der Waals surface area contributed by atoms with Gasteiger partial charge in [0.1, 0.15) is 5.75 Å². The molecule has 0 bridgehead atoms. The van der Waals surface area contributed by atoms with Crippen LogP contribution in [-0.4, -0.2) is 12.9 Å². The summed E-state index contributed by atoms with van der Waals surface area (Å²) in [6.45, 7) is 5.75. The Morgan fingerprint density at radius 3 is 2.43 bits per heavy atom. The zero-order chi connectivity index (χ0) is 10.7. The van der Waals surface area contributed by atoms with E-state index in [0.717, 1.165) is 16.9 Å². The van der Waals surface area contributed by atoms with Crippen molar-refractivity contribution in [1.82, 2.24) is 0 Å². The van der Waals surface area contributed by atoms with Gasteiger partial charge in [-0.15, -0.1) is 0 Å². The number of ketones is 1. The number of methoxy groups -OCH3 is 1. The molecule has 1 aromatic carbocycles. The molecule has 0 heterocycles. The first-order chi connectivity index (χ1) is 6.56. The summed E-state index contributed by atoms with van der Waals surface area (Å²) in [7, 11) is 1.63. The number of rotatable bonds is 3. The number of carbonyl (C=O) groups excluding carboxylic acids is 1. The second-order valence-electron chi connectivity index (χ2n) is 3.70. The highest BCUT2D eigenvalue weighted by molar-refractivity contribution is 5.97. The molecule has 0 atom stereocenters. The quantitative estimate of drug-likeness (QED) is 0.688. The minimum atomic E-state index is 0.0443. The Bertz CT molecular complexity index is 340. The number of Topliss-reactive ketones (excluding diaryl/α,β-unsaturated/α-hetero) is 1. The number of benzene rings is 1. The molecule has 0 aliphatic heterocycles. The van der Waals surface area contributed by atoms with Crippen molar-refractivity contribution in [3.05, 3.63) is 29.3 Å². The summed E-state index contributed by atoms with van der Waals surface area (Å²) in [5.74, 6) is 1.05. The van der Waals surface area contributed by atoms with Crippen LogP contribution in [0.1, 0.15) is 29.8 Å². The van der Waals surface area contributed by atoms with Crippen LogP contribution in [-0.2, 0) is 0 Å². The van der Waals surface area contributed by atoms with Crippen LogP contribution in [0, 0.1) is 12.8 Å². The second-order valence-corrected chi connectivity index (χ2v) is 3.70. The van der Waals surface area contributed by atoms with Crippen LogP contribution in [0.15, 0.2) is 18.2 Å². The summed E-state index contributed by atoms with van der Waals surface area (Å²) in [6.07, 6.45) is 0. The van der Waals surface area contributed by atoms with Gasteiger partial charge < -0.3 is 4.74 Å². The maximum atomic E-state index is 11.7. The van der Waals surface area contributed by atoms with Gasteiger partial charge in [-0.2, -0.15) is 0 Å². The zero-order valence-corrected chi connectivity index (χ0v) is 9.13. The largest absolute Gasteiger partial charge is 0.496 e. The Labute approximate surface area is 84.9 Å².